The zero-order chi connectivity index (χ0) is 15.4. The molecule has 1 saturated heterocycles. The summed E-state index contributed by atoms with van der Waals surface area (Å²) in [7, 11) is 0. The molecule has 1 heterocycles. The van der Waals surface area contributed by atoms with Crippen LogP contribution in [0.5, 0.6) is 0 Å². The molecule has 2 aromatic carbocycles. The first-order valence-corrected chi connectivity index (χ1v) is 7.91. The van der Waals surface area contributed by atoms with Crippen LogP contribution in [-0.4, -0.2) is 23.9 Å². The second kappa shape index (κ2) is 8.14. The number of halogens is 1. The van der Waals surface area contributed by atoms with Gasteiger partial charge in [-0.2, -0.15) is 0 Å². The fourth-order valence-electron chi connectivity index (χ4n) is 3.11. The predicted molar refractivity (Wildman–Crippen MR) is 95.9 cm³/mol. The summed E-state index contributed by atoms with van der Waals surface area (Å²) in [5, 5.41) is 0. The molecule has 3 rings (SSSR count). The van der Waals surface area contributed by atoms with E-state index in [1.807, 2.05) is 35.2 Å². The number of piperidine rings is 1. The largest absolute Gasteiger partial charge is 0.339 e. The number of likely N-dealkylation sites (tertiary alicyclic amines) is 1. The molecule has 1 amide bonds. The van der Waals surface area contributed by atoms with Crippen LogP contribution in [0.4, 0.5) is 0 Å². The summed E-state index contributed by atoms with van der Waals surface area (Å²) >= 11 is 0. The number of nitrogens with two attached hydrogens (primary N) is 1. The van der Waals surface area contributed by atoms with Crippen molar-refractivity contribution >= 4 is 18.3 Å². The molecule has 2 N–H and O–H groups in total. The molecule has 0 atom stereocenters. The number of nitrogens with zero attached hydrogens (tertiary/aromatic N) is 1. The van der Waals surface area contributed by atoms with Crippen LogP contribution < -0.4 is 5.73 Å². The average molecular weight is 331 g/mol. The van der Waals surface area contributed by atoms with Crippen LogP contribution >= 0.6 is 12.4 Å². The summed E-state index contributed by atoms with van der Waals surface area (Å²) in [6.07, 6.45) is 2.08. The van der Waals surface area contributed by atoms with Crippen molar-refractivity contribution in [1.82, 2.24) is 4.90 Å². The molecule has 0 unspecified atom stereocenters. The summed E-state index contributed by atoms with van der Waals surface area (Å²) < 4.78 is 0. The van der Waals surface area contributed by atoms with Crippen molar-refractivity contribution in [2.24, 2.45) is 5.73 Å². The first-order chi connectivity index (χ1) is 10.8. The van der Waals surface area contributed by atoms with Crippen molar-refractivity contribution in [3.63, 3.8) is 0 Å². The summed E-state index contributed by atoms with van der Waals surface area (Å²) in [5.41, 5.74) is 8.80. The van der Waals surface area contributed by atoms with Crippen molar-refractivity contribution in [1.29, 1.82) is 0 Å². The molecule has 0 aromatic heterocycles. The van der Waals surface area contributed by atoms with Gasteiger partial charge in [0.05, 0.1) is 0 Å². The third-order valence-corrected chi connectivity index (χ3v) is 4.49. The molecule has 3 nitrogen and oxygen atoms in total. The Morgan fingerprint density at radius 1 is 1.00 bits per heavy atom. The first-order valence-electron chi connectivity index (χ1n) is 7.91. The van der Waals surface area contributed by atoms with Gasteiger partial charge in [-0.1, -0.05) is 42.5 Å². The Bertz CT molecular complexity index is 620. The number of rotatable bonds is 3. The van der Waals surface area contributed by atoms with E-state index >= 15 is 0 Å². The molecule has 4 heteroatoms. The number of carbonyl (C=O) groups is 1. The molecule has 0 aliphatic carbocycles. The van der Waals surface area contributed by atoms with Gasteiger partial charge in [-0.05, 0) is 42.0 Å². The van der Waals surface area contributed by atoms with E-state index < -0.39 is 0 Å². The van der Waals surface area contributed by atoms with E-state index in [-0.39, 0.29) is 18.3 Å². The Hall–Kier alpha value is -1.84. The lowest BCUT2D eigenvalue weighted by Gasteiger charge is -2.32. The Morgan fingerprint density at radius 2 is 1.61 bits per heavy atom. The quantitative estimate of drug-likeness (QED) is 0.934. The molecular formula is C19H23ClN2O. The van der Waals surface area contributed by atoms with Gasteiger partial charge in [0.1, 0.15) is 0 Å². The zero-order valence-corrected chi connectivity index (χ0v) is 14.0. The maximum Gasteiger partial charge on any atom is 0.253 e. The first kappa shape index (κ1) is 17.5. The Kier molecular flexibility index (Phi) is 6.20. The highest BCUT2D eigenvalue weighted by molar-refractivity contribution is 5.94. The lowest BCUT2D eigenvalue weighted by Crippen LogP contribution is -2.37. The van der Waals surface area contributed by atoms with Gasteiger partial charge in [0.2, 0.25) is 0 Å². The van der Waals surface area contributed by atoms with Gasteiger partial charge in [-0.25, -0.2) is 0 Å². The summed E-state index contributed by atoms with van der Waals surface area (Å²) in [6, 6.07) is 18.2. The number of benzene rings is 2. The van der Waals surface area contributed by atoms with Crippen LogP contribution in [0, 0.1) is 0 Å². The van der Waals surface area contributed by atoms with E-state index in [4.69, 9.17) is 5.73 Å². The minimum Gasteiger partial charge on any atom is -0.339 e. The fraction of sp³-hybridized carbons (Fsp3) is 0.316. The molecule has 0 bridgehead atoms. The molecule has 0 radical (unpaired) electrons. The highest BCUT2D eigenvalue weighted by Gasteiger charge is 2.24. The predicted octanol–water partition coefficient (Wildman–Crippen LogP) is 3.59. The standard InChI is InChI=1S/C19H22N2O.ClH/c20-14-15-6-8-18(9-7-15)19(22)21-12-10-17(11-13-21)16-4-2-1-3-5-16;/h1-9,17H,10-14,20H2;1H. The minimum absolute atomic E-state index is 0. The van der Waals surface area contributed by atoms with Crippen molar-refractivity contribution in [2.75, 3.05) is 13.1 Å². The molecule has 122 valence electrons. The van der Waals surface area contributed by atoms with Gasteiger partial charge in [0, 0.05) is 25.2 Å². The highest BCUT2D eigenvalue weighted by atomic mass is 35.5. The van der Waals surface area contributed by atoms with E-state index in [1.54, 1.807) is 0 Å². The van der Waals surface area contributed by atoms with Crippen LogP contribution in [0.2, 0.25) is 0 Å². The van der Waals surface area contributed by atoms with Gasteiger partial charge in [-0.15, -0.1) is 12.4 Å². The number of amides is 1. The van der Waals surface area contributed by atoms with Crippen molar-refractivity contribution in [2.45, 2.75) is 25.3 Å². The Balaban J connectivity index is 0.00000192. The van der Waals surface area contributed by atoms with Crippen LogP contribution in [0.3, 0.4) is 0 Å². The van der Waals surface area contributed by atoms with Crippen LogP contribution in [-0.2, 0) is 6.54 Å². The molecule has 1 aliphatic heterocycles. The molecule has 1 aliphatic rings. The smallest absolute Gasteiger partial charge is 0.253 e. The van der Waals surface area contributed by atoms with Crippen molar-refractivity contribution in [3.05, 3.63) is 71.3 Å². The van der Waals surface area contributed by atoms with Gasteiger partial charge >= 0.3 is 0 Å². The lowest BCUT2D eigenvalue weighted by atomic mass is 9.89. The van der Waals surface area contributed by atoms with Crippen LogP contribution in [0.25, 0.3) is 0 Å². The normalized spacial score (nSPS) is 15.1. The molecule has 0 spiro atoms. The number of hydrogen-bond donors (Lipinski definition) is 1. The maximum atomic E-state index is 12.5. The highest BCUT2D eigenvalue weighted by Crippen LogP contribution is 2.28. The van der Waals surface area contributed by atoms with Crippen molar-refractivity contribution < 1.29 is 4.79 Å². The summed E-state index contributed by atoms with van der Waals surface area (Å²) in [5.74, 6) is 0.708. The number of carbonyl (C=O) groups excluding carboxylic acids is 1. The van der Waals surface area contributed by atoms with E-state index in [9.17, 15) is 4.79 Å². The Labute approximate surface area is 143 Å². The van der Waals surface area contributed by atoms with Gasteiger partial charge in [-0.3, -0.25) is 4.79 Å². The monoisotopic (exact) mass is 330 g/mol. The van der Waals surface area contributed by atoms with Crippen LogP contribution in [0.1, 0.15) is 40.2 Å². The van der Waals surface area contributed by atoms with Crippen LogP contribution in [0.15, 0.2) is 54.6 Å². The van der Waals surface area contributed by atoms with Gasteiger partial charge in [0.25, 0.3) is 5.91 Å². The molecule has 23 heavy (non-hydrogen) atoms. The molecule has 0 saturated carbocycles. The molecular weight excluding hydrogens is 308 g/mol. The lowest BCUT2D eigenvalue weighted by molar-refractivity contribution is 0.0713. The van der Waals surface area contributed by atoms with Gasteiger partial charge < -0.3 is 10.6 Å². The SMILES string of the molecule is Cl.NCc1ccc(C(=O)N2CCC(c3ccccc3)CC2)cc1. The third-order valence-electron chi connectivity index (χ3n) is 4.49. The maximum absolute atomic E-state index is 12.5. The summed E-state index contributed by atoms with van der Waals surface area (Å²) in [4.78, 5) is 14.5. The zero-order valence-electron chi connectivity index (χ0n) is 13.2. The molecule has 2 aromatic rings. The third kappa shape index (κ3) is 4.12. The second-order valence-corrected chi connectivity index (χ2v) is 5.88. The van der Waals surface area contributed by atoms with E-state index in [2.05, 4.69) is 24.3 Å². The number of hydrogen-bond acceptors (Lipinski definition) is 2. The fourth-order valence-corrected chi connectivity index (χ4v) is 3.11. The van der Waals surface area contributed by atoms with E-state index in [0.717, 1.165) is 37.1 Å². The second-order valence-electron chi connectivity index (χ2n) is 5.88. The average Bonchev–Trinajstić information content (AvgIpc) is 2.62. The topological polar surface area (TPSA) is 46.3 Å². The molecule has 1 fully saturated rings. The summed E-state index contributed by atoms with van der Waals surface area (Å²) in [6.45, 7) is 2.17. The van der Waals surface area contributed by atoms with E-state index in [1.165, 1.54) is 5.56 Å². The van der Waals surface area contributed by atoms with E-state index in [0.29, 0.717) is 12.5 Å². The van der Waals surface area contributed by atoms with Gasteiger partial charge in [0.15, 0.2) is 0 Å². The minimum atomic E-state index is 0. The Morgan fingerprint density at radius 3 is 2.17 bits per heavy atom. The van der Waals surface area contributed by atoms with Crippen molar-refractivity contribution in [3.8, 4) is 0 Å².